The van der Waals surface area contributed by atoms with Crippen molar-refractivity contribution in [3.05, 3.63) is 0 Å². The molecule has 0 amide bonds. The Morgan fingerprint density at radius 2 is 1.35 bits per heavy atom. The molecule has 1 unspecified atom stereocenters. The summed E-state index contributed by atoms with van der Waals surface area (Å²) in [6.45, 7) is 6.02. The van der Waals surface area contributed by atoms with E-state index < -0.39 is 17.9 Å². The van der Waals surface area contributed by atoms with Crippen molar-refractivity contribution in [3.8, 4) is 0 Å². The molecule has 3 N–H and O–H groups in total. The van der Waals surface area contributed by atoms with E-state index in [1.807, 2.05) is 4.90 Å². The smallest absolute Gasteiger partial charge is 0.317 e. The fourth-order valence-corrected chi connectivity index (χ4v) is 3.22. The summed E-state index contributed by atoms with van der Waals surface area (Å²) in [6.07, 6.45) is 1.69. The predicted octanol–water partition coefficient (Wildman–Crippen LogP) is -0.0354. The quantitative estimate of drug-likeness (QED) is 0.511. The van der Waals surface area contributed by atoms with E-state index in [0.717, 1.165) is 12.8 Å². The van der Waals surface area contributed by atoms with Gasteiger partial charge in [-0.1, -0.05) is 13.8 Å². The van der Waals surface area contributed by atoms with Crippen molar-refractivity contribution in [2.24, 2.45) is 5.92 Å². The Morgan fingerprint density at radius 3 is 1.88 bits per heavy atom. The van der Waals surface area contributed by atoms with Gasteiger partial charge >= 0.3 is 17.9 Å². The Labute approximate surface area is 154 Å². The molecule has 1 atom stereocenters. The molecule has 0 aromatic rings. The summed E-state index contributed by atoms with van der Waals surface area (Å²) in [5.41, 5.74) is 0. The maximum atomic E-state index is 11.3. The normalized spacial score (nSPS) is 21.1. The number of hydrogen-bond donors (Lipinski definition) is 3. The van der Waals surface area contributed by atoms with Crippen LogP contribution in [0.1, 0.15) is 26.7 Å². The van der Waals surface area contributed by atoms with Crippen LogP contribution in [-0.4, -0.2) is 106 Å². The van der Waals surface area contributed by atoms with Gasteiger partial charge in [0.15, 0.2) is 0 Å². The predicted molar refractivity (Wildman–Crippen MR) is 95.2 cm³/mol. The largest absolute Gasteiger partial charge is 0.480 e. The Balaban J connectivity index is 2.98. The summed E-state index contributed by atoms with van der Waals surface area (Å²) >= 11 is 0. The molecule has 0 bridgehead atoms. The van der Waals surface area contributed by atoms with Gasteiger partial charge in [-0.05, 0) is 18.8 Å². The highest BCUT2D eigenvalue weighted by molar-refractivity contribution is 5.70. The molecule has 0 spiro atoms. The van der Waals surface area contributed by atoms with Gasteiger partial charge in [-0.25, -0.2) is 0 Å². The summed E-state index contributed by atoms with van der Waals surface area (Å²) in [6, 6.07) is -0.0716. The number of carboxylic acid groups (broad SMARTS) is 3. The van der Waals surface area contributed by atoms with Gasteiger partial charge in [0.05, 0.1) is 19.6 Å². The SMILES string of the molecule is CC(C)CCC1CN(CC(=O)O)CCN(CC(=O)O)CCN1CC(=O)O. The third-order valence-corrected chi connectivity index (χ3v) is 4.55. The zero-order chi connectivity index (χ0) is 19.7. The first-order valence-electron chi connectivity index (χ1n) is 9.01. The molecule has 1 rings (SSSR count). The van der Waals surface area contributed by atoms with E-state index in [4.69, 9.17) is 10.2 Å². The fraction of sp³-hybridized carbons (Fsp3) is 0.824. The van der Waals surface area contributed by atoms with Crippen LogP contribution in [0, 0.1) is 5.92 Å². The van der Waals surface area contributed by atoms with E-state index in [1.165, 1.54) is 0 Å². The number of rotatable bonds is 9. The third kappa shape index (κ3) is 9.12. The highest BCUT2D eigenvalue weighted by Gasteiger charge is 2.27. The van der Waals surface area contributed by atoms with Gasteiger partial charge in [0.1, 0.15) is 0 Å². The van der Waals surface area contributed by atoms with Crippen molar-refractivity contribution < 1.29 is 29.7 Å². The van der Waals surface area contributed by atoms with Crippen LogP contribution < -0.4 is 0 Å². The first kappa shape index (κ1) is 22.3. The molecule has 0 radical (unpaired) electrons. The first-order valence-corrected chi connectivity index (χ1v) is 9.01. The molecular weight excluding hydrogens is 342 g/mol. The monoisotopic (exact) mass is 373 g/mol. The zero-order valence-corrected chi connectivity index (χ0v) is 15.6. The maximum absolute atomic E-state index is 11.3. The lowest BCUT2D eigenvalue weighted by molar-refractivity contribution is -0.140. The Hall–Kier alpha value is -1.71. The van der Waals surface area contributed by atoms with Crippen LogP contribution >= 0.6 is 0 Å². The van der Waals surface area contributed by atoms with Crippen molar-refractivity contribution in [3.63, 3.8) is 0 Å². The molecule has 0 aromatic heterocycles. The topological polar surface area (TPSA) is 122 Å². The molecule has 9 heteroatoms. The number of carbonyl (C=O) groups is 3. The molecule has 0 aliphatic carbocycles. The van der Waals surface area contributed by atoms with Crippen LogP contribution in [0.4, 0.5) is 0 Å². The Bertz CT molecular complexity index is 485. The first-order chi connectivity index (χ1) is 12.2. The lowest BCUT2D eigenvalue weighted by Gasteiger charge is -2.33. The van der Waals surface area contributed by atoms with Gasteiger partial charge in [-0.3, -0.25) is 29.1 Å². The standard InChI is InChI=1S/C17H31N3O6/c1-13(2)3-4-14-9-19(11-16(23)24)6-5-18(10-15(21)22)7-8-20(14)12-17(25)26/h13-14H,3-12H2,1-2H3,(H,21,22)(H,23,24)(H,25,26). The number of nitrogens with zero attached hydrogens (tertiary/aromatic N) is 3. The number of carboxylic acids is 3. The lowest BCUT2D eigenvalue weighted by atomic mass is 10.0. The van der Waals surface area contributed by atoms with Crippen molar-refractivity contribution in [2.75, 3.05) is 52.4 Å². The Morgan fingerprint density at radius 1 is 0.846 bits per heavy atom. The minimum atomic E-state index is -0.949. The third-order valence-electron chi connectivity index (χ3n) is 4.55. The highest BCUT2D eigenvalue weighted by atomic mass is 16.4. The van der Waals surface area contributed by atoms with Gasteiger partial charge in [0.2, 0.25) is 0 Å². The second kappa shape index (κ2) is 11.1. The van der Waals surface area contributed by atoms with Crippen LogP contribution in [0.3, 0.4) is 0 Å². The van der Waals surface area contributed by atoms with Crippen molar-refractivity contribution in [1.82, 2.24) is 14.7 Å². The molecule has 0 saturated carbocycles. The average molecular weight is 373 g/mol. The maximum Gasteiger partial charge on any atom is 0.317 e. The number of hydrogen-bond acceptors (Lipinski definition) is 6. The summed E-state index contributed by atoms with van der Waals surface area (Å²) < 4.78 is 0. The van der Waals surface area contributed by atoms with Crippen LogP contribution in [0.25, 0.3) is 0 Å². The van der Waals surface area contributed by atoms with Gasteiger partial charge in [0.25, 0.3) is 0 Å². The lowest BCUT2D eigenvalue weighted by Crippen LogP contribution is -2.48. The van der Waals surface area contributed by atoms with Gasteiger partial charge in [0, 0.05) is 38.8 Å². The molecule has 1 heterocycles. The summed E-state index contributed by atoms with van der Waals surface area (Å²) in [5, 5.41) is 27.5. The van der Waals surface area contributed by atoms with E-state index in [0.29, 0.717) is 38.6 Å². The van der Waals surface area contributed by atoms with Crippen molar-refractivity contribution in [1.29, 1.82) is 0 Å². The van der Waals surface area contributed by atoms with Crippen LogP contribution in [-0.2, 0) is 14.4 Å². The van der Waals surface area contributed by atoms with E-state index in [-0.39, 0.29) is 25.7 Å². The average Bonchev–Trinajstić information content (AvgIpc) is 2.56. The van der Waals surface area contributed by atoms with E-state index in [2.05, 4.69) is 13.8 Å². The molecular formula is C17H31N3O6. The van der Waals surface area contributed by atoms with Gasteiger partial charge in [-0.15, -0.1) is 0 Å². The molecule has 9 nitrogen and oxygen atoms in total. The summed E-state index contributed by atoms with van der Waals surface area (Å²) in [7, 11) is 0. The van der Waals surface area contributed by atoms with Gasteiger partial charge in [-0.2, -0.15) is 0 Å². The fourth-order valence-electron chi connectivity index (χ4n) is 3.22. The van der Waals surface area contributed by atoms with E-state index in [1.54, 1.807) is 9.80 Å². The highest BCUT2D eigenvalue weighted by Crippen LogP contribution is 2.15. The zero-order valence-electron chi connectivity index (χ0n) is 15.6. The molecule has 0 aromatic carbocycles. The van der Waals surface area contributed by atoms with Crippen molar-refractivity contribution in [2.45, 2.75) is 32.7 Å². The molecule has 1 saturated heterocycles. The molecule has 26 heavy (non-hydrogen) atoms. The van der Waals surface area contributed by atoms with Crippen LogP contribution in [0.15, 0.2) is 0 Å². The van der Waals surface area contributed by atoms with Gasteiger partial charge < -0.3 is 15.3 Å². The number of aliphatic carboxylic acids is 3. The van der Waals surface area contributed by atoms with E-state index >= 15 is 0 Å². The minimum Gasteiger partial charge on any atom is -0.480 e. The molecule has 1 fully saturated rings. The Kier molecular flexibility index (Phi) is 9.53. The second-order valence-electron chi connectivity index (χ2n) is 7.29. The summed E-state index contributed by atoms with van der Waals surface area (Å²) in [5.74, 6) is -2.37. The van der Waals surface area contributed by atoms with Crippen LogP contribution in [0.2, 0.25) is 0 Å². The summed E-state index contributed by atoms with van der Waals surface area (Å²) in [4.78, 5) is 38.9. The minimum absolute atomic E-state index is 0.0716. The van der Waals surface area contributed by atoms with E-state index in [9.17, 15) is 19.5 Å². The molecule has 1 aliphatic heterocycles. The second-order valence-corrected chi connectivity index (χ2v) is 7.29. The van der Waals surface area contributed by atoms with Crippen molar-refractivity contribution >= 4 is 17.9 Å². The molecule has 150 valence electrons. The molecule has 1 aliphatic rings. The van der Waals surface area contributed by atoms with Crippen LogP contribution in [0.5, 0.6) is 0 Å².